The summed E-state index contributed by atoms with van der Waals surface area (Å²) >= 11 is 0. The van der Waals surface area contributed by atoms with Crippen LogP contribution >= 0.6 is 0 Å². The van der Waals surface area contributed by atoms with Gasteiger partial charge in [0.1, 0.15) is 0 Å². The molecule has 2 rings (SSSR count). The van der Waals surface area contributed by atoms with Gasteiger partial charge in [-0.25, -0.2) is 0 Å². The molecule has 1 saturated heterocycles. The second kappa shape index (κ2) is 4.92. The van der Waals surface area contributed by atoms with E-state index in [4.69, 9.17) is 0 Å². The van der Waals surface area contributed by atoms with E-state index in [9.17, 15) is 13.2 Å². The maximum absolute atomic E-state index is 12.6. The first kappa shape index (κ1) is 13.4. The van der Waals surface area contributed by atoms with E-state index >= 15 is 0 Å². The molecule has 1 aromatic carbocycles. The van der Waals surface area contributed by atoms with E-state index < -0.39 is 11.7 Å². The van der Waals surface area contributed by atoms with Gasteiger partial charge in [0, 0.05) is 5.54 Å². The highest BCUT2D eigenvalue weighted by Gasteiger charge is 2.31. The first-order valence-electron chi connectivity index (χ1n) is 6.30. The Balaban J connectivity index is 2.01. The third kappa shape index (κ3) is 3.25. The van der Waals surface area contributed by atoms with Crippen LogP contribution in [0.5, 0.6) is 0 Å². The molecule has 1 atom stereocenters. The van der Waals surface area contributed by atoms with Gasteiger partial charge in [-0.15, -0.1) is 0 Å². The molecule has 0 saturated carbocycles. The zero-order chi connectivity index (χ0) is 13.2. The molecule has 0 spiro atoms. The van der Waals surface area contributed by atoms with Crippen molar-refractivity contribution in [2.75, 3.05) is 6.54 Å². The van der Waals surface area contributed by atoms with E-state index in [2.05, 4.69) is 12.2 Å². The largest absolute Gasteiger partial charge is 0.416 e. The maximum atomic E-state index is 12.6. The maximum Gasteiger partial charge on any atom is 0.416 e. The summed E-state index contributed by atoms with van der Waals surface area (Å²) in [6.45, 7) is 3.16. The first-order valence-corrected chi connectivity index (χ1v) is 6.30. The lowest BCUT2D eigenvalue weighted by Gasteiger charge is -2.24. The van der Waals surface area contributed by atoms with Crippen LogP contribution in [0.1, 0.15) is 37.3 Å². The molecule has 0 amide bonds. The monoisotopic (exact) mass is 257 g/mol. The summed E-state index contributed by atoms with van der Waals surface area (Å²) in [4.78, 5) is 0. The fraction of sp³-hybridized carbons (Fsp3) is 0.571. The lowest BCUT2D eigenvalue weighted by atomic mass is 9.91. The van der Waals surface area contributed by atoms with Gasteiger partial charge in [0.15, 0.2) is 0 Å². The molecule has 1 fully saturated rings. The molecule has 0 aliphatic carbocycles. The van der Waals surface area contributed by atoms with E-state index in [0.717, 1.165) is 37.4 Å². The molecule has 4 heteroatoms. The molecule has 1 aliphatic heterocycles. The molecule has 0 bridgehead atoms. The summed E-state index contributed by atoms with van der Waals surface area (Å²) in [6.07, 6.45) is -0.418. The first-order chi connectivity index (χ1) is 8.39. The van der Waals surface area contributed by atoms with E-state index in [1.165, 1.54) is 12.1 Å². The Bertz CT molecular complexity index is 406. The predicted octanol–water partition coefficient (Wildman–Crippen LogP) is 3.78. The minimum atomic E-state index is -4.24. The zero-order valence-electron chi connectivity index (χ0n) is 10.5. The van der Waals surface area contributed by atoms with Gasteiger partial charge in [-0.05, 0) is 50.8 Å². The van der Waals surface area contributed by atoms with Crippen molar-refractivity contribution in [1.29, 1.82) is 0 Å². The number of hydrogen-bond acceptors (Lipinski definition) is 1. The zero-order valence-corrected chi connectivity index (χ0v) is 10.5. The van der Waals surface area contributed by atoms with Crippen molar-refractivity contribution >= 4 is 0 Å². The van der Waals surface area contributed by atoms with Gasteiger partial charge in [0.25, 0.3) is 0 Å². The minimum absolute atomic E-state index is 0.0915. The number of rotatable bonds is 3. The molecular formula is C14H18F3N. The quantitative estimate of drug-likeness (QED) is 0.869. The molecular weight excluding hydrogens is 239 g/mol. The van der Waals surface area contributed by atoms with Crippen LogP contribution in [0.4, 0.5) is 13.2 Å². The van der Waals surface area contributed by atoms with Crippen LogP contribution < -0.4 is 5.32 Å². The molecule has 1 N–H and O–H groups in total. The standard InChI is InChI=1S/C14H18F3N/c1-13(7-3-9-18-13)8-6-11-4-2-5-12(10-11)14(15,16)17/h2,4-5,10,18H,3,6-9H2,1H3. The fourth-order valence-corrected chi connectivity index (χ4v) is 2.49. The van der Waals surface area contributed by atoms with Crippen molar-refractivity contribution in [3.05, 3.63) is 35.4 Å². The van der Waals surface area contributed by atoms with Gasteiger partial charge in [-0.3, -0.25) is 0 Å². The van der Waals surface area contributed by atoms with Crippen LogP contribution in [0.3, 0.4) is 0 Å². The molecule has 1 unspecified atom stereocenters. The lowest BCUT2D eigenvalue weighted by Crippen LogP contribution is -2.36. The highest BCUT2D eigenvalue weighted by atomic mass is 19.4. The number of aryl methyl sites for hydroxylation is 1. The van der Waals surface area contributed by atoms with Crippen molar-refractivity contribution in [2.45, 2.75) is 44.3 Å². The van der Waals surface area contributed by atoms with Gasteiger partial charge >= 0.3 is 6.18 Å². The van der Waals surface area contributed by atoms with E-state index in [-0.39, 0.29) is 5.54 Å². The summed E-state index contributed by atoms with van der Waals surface area (Å²) in [5, 5.41) is 3.43. The van der Waals surface area contributed by atoms with Crippen LogP contribution in [0.25, 0.3) is 0 Å². The van der Waals surface area contributed by atoms with E-state index in [0.29, 0.717) is 6.42 Å². The van der Waals surface area contributed by atoms with Crippen molar-refractivity contribution in [3.8, 4) is 0 Å². The topological polar surface area (TPSA) is 12.0 Å². The molecule has 100 valence electrons. The highest BCUT2D eigenvalue weighted by Crippen LogP contribution is 2.30. The Morgan fingerprint density at radius 2 is 2.11 bits per heavy atom. The van der Waals surface area contributed by atoms with Gasteiger partial charge in [-0.2, -0.15) is 13.2 Å². The Hall–Kier alpha value is -1.03. The van der Waals surface area contributed by atoms with Crippen molar-refractivity contribution in [2.24, 2.45) is 0 Å². The Morgan fingerprint density at radius 1 is 1.33 bits per heavy atom. The normalized spacial score (nSPS) is 24.4. The summed E-state index contributed by atoms with van der Waals surface area (Å²) in [5.74, 6) is 0. The Kier molecular flexibility index (Phi) is 3.66. The third-order valence-corrected chi connectivity index (χ3v) is 3.68. The molecule has 0 radical (unpaired) electrons. The summed E-state index contributed by atoms with van der Waals surface area (Å²) in [7, 11) is 0. The summed E-state index contributed by atoms with van der Waals surface area (Å²) in [6, 6.07) is 5.65. The van der Waals surface area contributed by atoms with Crippen LogP contribution in [0.15, 0.2) is 24.3 Å². The Labute approximate surface area is 105 Å². The second-order valence-corrected chi connectivity index (χ2v) is 5.29. The molecule has 1 heterocycles. The number of benzene rings is 1. The summed E-state index contributed by atoms with van der Waals surface area (Å²) < 4.78 is 37.7. The number of alkyl halides is 3. The molecule has 1 aliphatic rings. The molecule has 1 aromatic rings. The van der Waals surface area contributed by atoms with Crippen LogP contribution in [-0.2, 0) is 12.6 Å². The summed E-state index contributed by atoms with van der Waals surface area (Å²) in [5.41, 5.74) is 0.304. The van der Waals surface area contributed by atoms with Crippen molar-refractivity contribution < 1.29 is 13.2 Å². The predicted molar refractivity (Wildman–Crippen MR) is 65.4 cm³/mol. The van der Waals surface area contributed by atoms with E-state index in [1.807, 2.05) is 0 Å². The van der Waals surface area contributed by atoms with Crippen molar-refractivity contribution in [1.82, 2.24) is 5.32 Å². The highest BCUT2D eigenvalue weighted by molar-refractivity contribution is 5.26. The SMILES string of the molecule is CC1(CCc2cccc(C(F)(F)F)c2)CCCN1. The van der Waals surface area contributed by atoms with Gasteiger partial charge in [-0.1, -0.05) is 18.2 Å². The average Bonchev–Trinajstić information content (AvgIpc) is 2.74. The van der Waals surface area contributed by atoms with E-state index in [1.54, 1.807) is 6.07 Å². The molecule has 18 heavy (non-hydrogen) atoms. The van der Waals surface area contributed by atoms with Crippen LogP contribution in [0, 0.1) is 0 Å². The van der Waals surface area contributed by atoms with Crippen LogP contribution in [0.2, 0.25) is 0 Å². The van der Waals surface area contributed by atoms with Crippen LogP contribution in [-0.4, -0.2) is 12.1 Å². The van der Waals surface area contributed by atoms with Gasteiger partial charge < -0.3 is 5.32 Å². The number of halogens is 3. The third-order valence-electron chi connectivity index (χ3n) is 3.68. The average molecular weight is 257 g/mol. The van der Waals surface area contributed by atoms with Gasteiger partial charge in [0.2, 0.25) is 0 Å². The minimum Gasteiger partial charge on any atom is -0.312 e. The lowest BCUT2D eigenvalue weighted by molar-refractivity contribution is -0.137. The van der Waals surface area contributed by atoms with Crippen molar-refractivity contribution in [3.63, 3.8) is 0 Å². The second-order valence-electron chi connectivity index (χ2n) is 5.29. The van der Waals surface area contributed by atoms with Gasteiger partial charge in [0.05, 0.1) is 5.56 Å². The smallest absolute Gasteiger partial charge is 0.312 e. The number of hydrogen-bond donors (Lipinski definition) is 1. The number of nitrogens with one attached hydrogen (secondary N) is 1. The Morgan fingerprint density at radius 3 is 2.72 bits per heavy atom. The molecule has 0 aromatic heterocycles. The fourth-order valence-electron chi connectivity index (χ4n) is 2.49. The molecule has 1 nitrogen and oxygen atoms in total.